The monoisotopic (exact) mass is 389 g/mol. The molecule has 2 saturated heterocycles. The number of hydrogen-bond donors (Lipinski definition) is 1. The van der Waals surface area contributed by atoms with Crippen molar-refractivity contribution in [2.75, 3.05) is 52.4 Å². The van der Waals surface area contributed by atoms with E-state index in [2.05, 4.69) is 21.9 Å². The van der Waals surface area contributed by atoms with Crippen LogP contribution in [-0.4, -0.2) is 84.2 Å². The van der Waals surface area contributed by atoms with Gasteiger partial charge in [0.05, 0.1) is 0 Å². The van der Waals surface area contributed by atoms with Gasteiger partial charge >= 0.3 is 0 Å². The van der Waals surface area contributed by atoms with Gasteiger partial charge in [0, 0.05) is 46.2 Å². The van der Waals surface area contributed by atoms with Crippen LogP contribution in [0.4, 0.5) is 0 Å². The van der Waals surface area contributed by atoms with Crippen molar-refractivity contribution in [2.24, 2.45) is 0 Å². The molecule has 0 spiro atoms. The Bertz CT molecular complexity index is 609. The summed E-state index contributed by atoms with van der Waals surface area (Å²) in [6, 6.07) is 8.14. The Morgan fingerprint density at radius 3 is 2.43 bits per heavy atom. The zero-order chi connectivity index (χ0) is 19.8. The van der Waals surface area contributed by atoms with E-state index in [0.29, 0.717) is 13.2 Å². The van der Waals surface area contributed by atoms with Gasteiger partial charge in [-0.2, -0.15) is 0 Å². The van der Waals surface area contributed by atoms with Crippen LogP contribution in [0.2, 0.25) is 0 Å². The van der Waals surface area contributed by atoms with Gasteiger partial charge in [0.1, 0.15) is 18.5 Å². The maximum Gasteiger partial charge on any atom is 0.219 e. The van der Waals surface area contributed by atoms with Gasteiger partial charge < -0.3 is 19.6 Å². The van der Waals surface area contributed by atoms with Crippen molar-refractivity contribution >= 4 is 5.91 Å². The van der Waals surface area contributed by atoms with E-state index in [1.165, 1.54) is 31.2 Å². The minimum Gasteiger partial charge on any atom is -0.491 e. The molecular formula is C22H35N3O3. The fourth-order valence-electron chi connectivity index (χ4n) is 4.07. The lowest BCUT2D eigenvalue weighted by atomic mass is 10.2. The minimum absolute atomic E-state index is 0.161. The number of β-amino-alcohol motifs (C(OH)–C–C–N with tert-alkyl or cyclic N) is 1. The number of ether oxygens (including phenoxy) is 1. The fraction of sp³-hybridized carbons (Fsp3) is 0.682. The quantitative estimate of drug-likeness (QED) is 0.773. The number of benzene rings is 1. The Morgan fingerprint density at radius 2 is 1.75 bits per heavy atom. The maximum atomic E-state index is 11.4. The lowest BCUT2D eigenvalue weighted by molar-refractivity contribution is -0.130. The Labute approximate surface area is 169 Å². The van der Waals surface area contributed by atoms with E-state index in [-0.39, 0.29) is 5.91 Å². The molecule has 0 unspecified atom stereocenters. The van der Waals surface area contributed by atoms with Crippen molar-refractivity contribution in [1.82, 2.24) is 14.7 Å². The Kier molecular flexibility index (Phi) is 8.13. The highest BCUT2D eigenvalue weighted by molar-refractivity contribution is 5.73. The molecule has 0 aromatic heterocycles. The molecule has 0 bridgehead atoms. The molecule has 2 heterocycles. The van der Waals surface area contributed by atoms with Gasteiger partial charge in [0.15, 0.2) is 0 Å². The first-order valence-corrected chi connectivity index (χ1v) is 10.7. The molecule has 1 aromatic carbocycles. The van der Waals surface area contributed by atoms with Gasteiger partial charge in [-0.15, -0.1) is 0 Å². The molecule has 156 valence electrons. The third-order valence-electron chi connectivity index (χ3n) is 5.73. The van der Waals surface area contributed by atoms with Crippen LogP contribution in [-0.2, 0) is 11.3 Å². The first kappa shape index (κ1) is 21.1. The normalized spacial score (nSPS) is 20.6. The molecule has 1 N–H and O–H groups in total. The first-order chi connectivity index (χ1) is 13.6. The number of carbonyl (C=O) groups is 1. The molecule has 2 fully saturated rings. The summed E-state index contributed by atoms with van der Waals surface area (Å²) in [6.45, 7) is 9.10. The highest BCUT2D eigenvalue weighted by atomic mass is 16.5. The molecule has 1 atom stereocenters. The Hall–Kier alpha value is -1.63. The van der Waals surface area contributed by atoms with Crippen LogP contribution in [0.25, 0.3) is 0 Å². The summed E-state index contributed by atoms with van der Waals surface area (Å²) >= 11 is 0. The molecule has 28 heavy (non-hydrogen) atoms. The third kappa shape index (κ3) is 6.76. The van der Waals surface area contributed by atoms with Crippen LogP contribution >= 0.6 is 0 Å². The summed E-state index contributed by atoms with van der Waals surface area (Å²) in [4.78, 5) is 18.1. The number of amides is 1. The van der Waals surface area contributed by atoms with E-state index in [4.69, 9.17) is 4.74 Å². The van der Waals surface area contributed by atoms with Crippen molar-refractivity contribution in [2.45, 2.75) is 45.3 Å². The third-order valence-corrected chi connectivity index (χ3v) is 5.73. The lowest BCUT2D eigenvalue weighted by Gasteiger charge is -2.34. The lowest BCUT2D eigenvalue weighted by Crippen LogP contribution is -2.47. The Balaban J connectivity index is 1.42. The van der Waals surface area contributed by atoms with E-state index in [1.54, 1.807) is 6.92 Å². The molecule has 2 aliphatic heterocycles. The minimum atomic E-state index is -0.457. The van der Waals surface area contributed by atoms with Crippen LogP contribution < -0.4 is 4.74 Å². The summed E-state index contributed by atoms with van der Waals surface area (Å²) in [5.41, 5.74) is 1.20. The number of aliphatic hydroxyl groups excluding tert-OH is 1. The van der Waals surface area contributed by atoms with E-state index in [0.717, 1.165) is 51.6 Å². The van der Waals surface area contributed by atoms with Gasteiger partial charge in [0.25, 0.3) is 0 Å². The second-order valence-corrected chi connectivity index (χ2v) is 8.11. The van der Waals surface area contributed by atoms with Crippen molar-refractivity contribution < 1.29 is 14.6 Å². The van der Waals surface area contributed by atoms with Crippen LogP contribution in [0.15, 0.2) is 24.3 Å². The van der Waals surface area contributed by atoms with Gasteiger partial charge in [-0.25, -0.2) is 0 Å². The van der Waals surface area contributed by atoms with E-state index >= 15 is 0 Å². The predicted octanol–water partition coefficient (Wildman–Crippen LogP) is 1.97. The van der Waals surface area contributed by atoms with E-state index < -0.39 is 6.10 Å². The summed E-state index contributed by atoms with van der Waals surface area (Å²) in [5.74, 6) is 0.976. The second-order valence-electron chi connectivity index (χ2n) is 8.11. The van der Waals surface area contributed by atoms with Crippen LogP contribution in [0.3, 0.4) is 0 Å². The van der Waals surface area contributed by atoms with Gasteiger partial charge in [-0.3, -0.25) is 9.69 Å². The number of rotatable bonds is 7. The molecule has 1 amide bonds. The van der Waals surface area contributed by atoms with Crippen LogP contribution in [0.1, 0.15) is 38.2 Å². The molecule has 6 heteroatoms. The maximum absolute atomic E-state index is 11.4. The summed E-state index contributed by atoms with van der Waals surface area (Å²) in [7, 11) is 0. The van der Waals surface area contributed by atoms with E-state index in [1.807, 2.05) is 17.0 Å². The molecule has 0 radical (unpaired) electrons. The number of aliphatic hydroxyl groups is 1. The predicted molar refractivity (Wildman–Crippen MR) is 110 cm³/mol. The van der Waals surface area contributed by atoms with Gasteiger partial charge in [-0.05, 0) is 43.6 Å². The molecule has 0 aliphatic carbocycles. The van der Waals surface area contributed by atoms with Gasteiger partial charge in [0.2, 0.25) is 5.91 Å². The molecular weight excluding hydrogens is 354 g/mol. The first-order valence-electron chi connectivity index (χ1n) is 10.7. The molecule has 1 aromatic rings. The standard InChI is InChI=1S/C22H35N3O3/c1-19(26)25-13-11-24(12-14-25)16-20-7-6-8-22(15-20)28-18-21(27)17-23-9-4-2-3-5-10-23/h6-8,15,21,27H,2-5,9-14,16-18H2,1H3/t21-/m0/s1. The average Bonchev–Trinajstić information content (AvgIpc) is 2.96. The summed E-state index contributed by atoms with van der Waals surface area (Å²) < 4.78 is 5.87. The SMILES string of the molecule is CC(=O)N1CCN(Cc2cccc(OC[C@@H](O)CN3CCCCCC3)c2)CC1. The molecule has 2 aliphatic rings. The fourth-order valence-corrected chi connectivity index (χ4v) is 4.07. The van der Waals surface area contributed by atoms with Crippen LogP contribution in [0, 0.1) is 0 Å². The number of carbonyl (C=O) groups excluding carboxylic acids is 1. The van der Waals surface area contributed by atoms with Crippen molar-refractivity contribution in [1.29, 1.82) is 0 Å². The smallest absolute Gasteiger partial charge is 0.219 e. The zero-order valence-electron chi connectivity index (χ0n) is 17.2. The largest absolute Gasteiger partial charge is 0.491 e. The van der Waals surface area contributed by atoms with Crippen molar-refractivity contribution in [3.63, 3.8) is 0 Å². The number of nitrogens with zero attached hydrogens (tertiary/aromatic N) is 3. The molecule has 6 nitrogen and oxygen atoms in total. The number of hydrogen-bond acceptors (Lipinski definition) is 5. The number of likely N-dealkylation sites (tertiary alicyclic amines) is 1. The average molecular weight is 390 g/mol. The summed E-state index contributed by atoms with van der Waals surface area (Å²) in [6.07, 6.45) is 4.62. The highest BCUT2D eigenvalue weighted by Gasteiger charge is 2.19. The summed E-state index contributed by atoms with van der Waals surface area (Å²) in [5, 5.41) is 10.3. The number of piperazine rings is 1. The van der Waals surface area contributed by atoms with Crippen molar-refractivity contribution in [3.8, 4) is 5.75 Å². The Morgan fingerprint density at radius 1 is 1.04 bits per heavy atom. The van der Waals surface area contributed by atoms with E-state index in [9.17, 15) is 9.90 Å². The molecule has 0 saturated carbocycles. The van der Waals surface area contributed by atoms with Crippen LogP contribution in [0.5, 0.6) is 5.75 Å². The highest BCUT2D eigenvalue weighted by Crippen LogP contribution is 2.17. The van der Waals surface area contributed by atoms with Crippen molar-refractivity contribution in [3.05, 3.63) is 29.8 Å². The van der Waals surface area contributed by atoms with Gasteiger partial charge in [-0.1, -0.05) is 25.0 Å². The zero-order valence-corrected chi connectivity index (χ0v) is 17.2. The second kappa shape index (κ2) is 10.8. The topological polar surface area (TPSA) is 56.3 Å². The molecule has 3 rings (SSSR count).